The molecule has 2 aromatic rings. The molecule has 0 aliphatic carbocycles. The van der Waals surface area contributed by atoms with E-state index >= 15 is 0 Å². The van der Waals surface area contributed by atoms with Gasteiger partial charge in [-0.25, -0.2) is 4.98 Å². The highest BCUT2D eigenvalue weighted by Gasteiger charge is 1.94. The number of aromatic nitrogens is 2. The van der Waals surface area contributed by atoms with Crippen molar-refractivity contribution in [2.45, 2.75) is 0 Å². The third-order valence-electron chi connectivity index (χ3n) is 1.49. The lowest BCUT2D eigenvalue weighted by atomic mass is 10.2. The smallest absolute Gasteiger partial charge is 0.213 e. The third-order valence-corrected chi connectivity index (χ3v) is 1.49. The lowest BCUT2D eigenvalue weighted by molar-refractivity contribution is 0.586. The second kappa shape index (κ2) is 2.27. The Bertz CT molecular complexity index is 387. The standard InChI is InChI=1S/C8H5FN2/c9-8-3-7-4-10-2-1-6(7)5-11-8/h1-5H. The Morgan fingerprint density at radius 1 is 1.18 bits per heavy atom. The topological polar surface area (TPSA) is 25.8 Å². The Morgan fingerprint density at radius 2 is 2.09 bits per heavy atom. The predicted octanol–water partition coefficient (Wildman–Crippen LogP) is 1.77. The maximum Gasteiger partial charge on any atom is 0.213 e. The zero-order valence-electron chi connectivity index (χ0n) is 5.66. The van der Waals surface area contributed by atoms with Gasteiger partial charge in [0, 0.05) is 35.4 Å². The molecule has 2 nitrogen and oxygen atoms in total. The quantitative estimate of drug-likeness (QED) is 0.532. The molecule has 0 amide bonds. The van der Waals surface area contributed by atoms with Gasteiger partial charge in [0.2, 0.25) is 5.95 Å². The molecule has 2 heterocycles. The third kappa shape index (κ3) is 1.05. The van der Waals surface area contributed by atoms with Gasteiger partial charge in [-0.2, -0.15) is 4.39 Å². The van der Waals surface area contributed by atoms with Crippen molar-refractivity contribution in [2.75, 3.05) is 0 Å². The van der Waals surface area contributed by atoms with Crippen LogP contribution in [0, 0.1) is 5.95 Å². The van der Waals surface area contributed by atoms with Crippen molar-refractivity contribution in [2.24, 2.45) is 0 Å². The molecule has 0 atom stereocenters. The fourth-order valence-corrected chi connectivity index (χ4v) is 0.952. The van der Waals surface area contributed by atoms with E-state index in [1.807, 2.05) is 0 Å². The van der Waals surface area contributed by atoms with E-state index in [0.717, 1.165) is 10.8 Å². The maximum absolute atomic E-state index is 12.5. The molecule has 0 N–H and O–H groups in total. The van der Waals surface area contributed by atoms with Gasteiger partial charge in [-0.15, -0.1) is 0 Å². The summed E-state index contributed by atoms with van der Waals surface area (Å²) < 4.78 is 12.5. The Balaban J connectivity index is 2.83. The van der Waals surface area contributed by atoms with Crippen LogP contribution in [0.5, 0.6) is 0 Å². The van der Waals surface area contributed by atoms with Crippen molar-refractivity contribution >= 4 is 10.8 Å². The molecule has 3 heteroatoms. The van der Waals surface area contributed by atoms with Crippen molar-refractivity contribution in [3.8, 4) is 0 Å². The Kier molecular flexibility index (Phi) is 1.28. The fourth-order valence-electron chi connectivity index (χ4n) is 0.952. The second-order valence-electron chi connectivity index (χ2n) is 2.23. The van der Waals surface area contributed by atoms with Crippen LogP contribution in [-0.2, 0) is 0 Å². The van der Waals surface area contributed by atoms with Crippen LogP contribution < -0.4 is 0 Å². The van der Waals surface area contributed by atoms with E-state index < -0.39 is 5.95 Å². The molecule has 0 aliphatic heterocycles. The van der Waals surface area contributed by atoms with Gasteiger partial charge in [-0.1, -0.05) is 0 Å². The first-order chi connectivity index (χ1) is 5.36. The van der Waals surface area contributed by atoms with Gasteiger partial charge >= 0.3 is 0 Å². The minimum atomic E-state index is -0.467. The summed E-state index contributed by atoms with van der Waals surface area (Å²) in [5.74, 6) is -0.467. The number of rotatable bonds is 0. The molecule has 2 aromatic heterocycles. The monoisotopic (exact) mass is 148 g/mol. The van der Waals surface area contributed by atoms with Crippen LogP contribution in [0.25, 0.3) is 10.8 Å². The Hall–Kier alpha value is -1.51. The van der Waals surface area contributed by atoms with Gasteiger partial charge in [0.25, 0.3) is 0 Å². The molecule has 0 aliphatic rings. The van der Waals surface area contributed by atoms with Crippen molar-refractivity contribution in [1.82, 2.24) is 9.97 Å². The summed E-state index contributed by atoms with van der Waals surface area (Å²) in [5.41, 5.74) is 0. The van der Waals surface area contributed by atoms with E-state index in [1.54, 1.807) is 18.5 Å². The van der Waals surface area contributed by atoms with Crippen LogP contribution in [0.2, 0.25) is 0 Å². The van der Waals surface area contributed by atoms with Crippen molar-refractivity contribution in [3.05, 3.63) is 36.7 Å². The summed E-state index contributed by atoms with van der Waals surface area (Å²) in [5, 5.41) is 1.68. The van der Waals surface area contributed by atoms with Crippen LogP contribution >= 0.6 is 0 Å². The largest absolute Gasteiger partial charge is 0.264 e. The van der Waals surface area contributed by atoms with E-state index in [2.05, 4.69) is 9.97 Å². The summed E-state index contributed by atoms with van der Waals surface area (Å²) in [6.45, 7) is 0. The highest BCUT2D eigenvalue weighted by molar-refractivity contribution is 5.80. The molecule has 0 bridgehead atoms. The highest BCUT2D eigenvalue weighted by atomic mass is 19.1. The van der Waals surface area contributed by atoms with Gasteiger partial charge in [0.05, 0.1) is 0 Å². The number of hydrogen-bond donors (Lipinski definition) is 0. The summed E-state index contributed by atoms with van der Waals surface area (Å²) in [6, 6.07) is 3.16. The van der Waals surface area contributed by atoms with Crippen LogP contribution in [0.15, 0.2) is 30.7 Å². The van der Waals surface area contributed by atoms with Gasteiger partial charge in [-0.05, 0) is 6.07 Å². The Morgan fingerprint density at radius 3 is 3.00 bits per heavy atom. The molecule has 0 fully saturated rings. The zero-order valence-corrected chi connectivity index (χ0v) is 5.66. The molecule has 0 aromatic carbocycles. The van der Waals surface area contributed by atoms with E-state index in [4.69, 9.17) is 0 Å². The highest BCUT2D eigenvalue weighted by Crippen LogP contribution is 2.10. The molecule has 0 saturated heterocycles. The van der Waals surface area contributed by atoms with E-state index in [1.165, 1.54) is 12.3 Å². The summed E-state index contributed by atoms with van der Waals surface area (Å²) in [4.78, 5) is 7.37. The van der Waals surface area contributed by atoms with E-state index in [-0.39, 0.29) is 0 Å². The van der Waals surface area contributed by atoms with E-state index in [9.17, 15) is 4.39 Å². The lowest BCUT2D eigenvalue weighted by Gasteiger charge is -1.93. The first-order valence-electron chi connectivity index (χ1n) is 3.21. The van der Waals surface area contributed by atoms with Crippen molar-refractivity contribution in [1.29, 1.82) is 0 Å². The van der Waals surface area contributed by atoms with Crippen LogP contribution in [-0.4, -0.2) is 9.97 Å². The first-order valence-corrected chi connectivity index (χ1v) is 3.21. The minimum Gasteiger partial charge on any atom is -0.264 e. The molecule has 0 saturated carbocycles. The predicted molar refractivity (Wildman–Crippen MR) is 39.5 cm³/mol. The first kappa shape index (κ1) is 6.22. The van der Waals surface area contributed by atoms with Gasteiger partial charge in [0.15, 0.2) is 0 Å². The van der Waals surface area contributed by atoms with Crippen LogP contribution in [0.3, 0.4) is 0 Å². The number of hydrogen-bond acceptors (Lipinski definition) is 2. The Labute approximate surface area is 62.7 Å². The summed E-state index contributed by atoms with van der Waals surface area (Å²) in [6.07, 6.45) is 4.76. The molecule has 0 spiro atoms. The summed E-state index contributed by atoms with van der Waals surface area (Å²) >= 11 is 0. The van der Waals surface area contributed by atoms with Crippen LogP contribution in [0.4, 0.5) is 4.39 Å². The average molecular weight is 148 g/mol. The normalized spacial score (nSPS) is 10.3. The van der Waals surface area contributed by atoms with Crippen LogP contribution in [0.1, 0.15) is 0 Å². The number of halogens is 1. The molecule has 11 heavy (non-hydrogen) atoms. The summed E-state index contributed by atoms with van der Waals surface area (Å²) in [7, 11) is 0. The number of fused-ring (bicyclic) bond motifs is 1. The van der Waals surface area contributed by atoms with E-state index in [0.29, 0.717) is 0 Å². The molecule has 0 unspecified atom stereocenters. The average Bonchev–Trinajstić information content (AvgIpc) is 2.04. The number of pyridine rings is 2. The molecule has 54 valence electrons. The van der Waals surface area contributed by atoms with Gasteiger partial charge < -0.3 is 0 Å². The van der Waals surface area contributed by atoms with Gasteiger partial charge in [0.1, 0.15) is 0 Å². The fraction of sp³-hybridized carbons (Fsp3) is 0. The lowest BCUT2D eigenvalue weighted by Crippen LogP contribution is -1.82. The second-order valence-corrected chi connectivity index (χ2v) is 2.23. The maximum atomic E-state index is 12.5. The molecule has 0 radical (unpaired) electrons. The number of nitrogens with zero attached hydrogens (tertiary/aromatic N) is 2. The van der Waals surface area contributed by atoms with Crippen molar-refractivity contribution in [3.63, 3.8) is 0 Å². The molecular formula is C8H5FN2. The van der Waals surface area contributed by atoms with Gasteiger partial charge in [-0.3, -0.25) is 4.98 Å². The molecule has 2 rings (SSSR count). The molecular weight excluding hydrogens is 143 g/mol. The SMILES string of the molecule is Fc1cc2cnccc2cn1. The minimum absolute atomic E-state index is 0.467. The zero-order chi connectivity index (χ0) is 7.68. The van der Waals surface area contributed by atoms with Crippen molar-refractivity contribution < 1.29 is 4.39 Å².